The van der Waals surface area contributed by atoms with E-state index in [1.807, 2.05) is 6.92 Å². The number of carbonyl (C=O) groups excluding carboxylic acids is 6. The summed E-state index contributed by atoms with van der Waals surface area (Å²) in [5, 5.41) is 27.4. The molecule has 240 valence electrons. The molecule has 1 aliphatic rings. The van der Waals surface area contributed by atoms with Gasteiger partial charge in [-0.1, -0.05) is 43.7 Å². The molecule has 13 nitrogen and oxygen atoms in total. The number of ketones is 2. The number of amides is 4. The maximum Gasteiger partial charge on any atom is 0.303 e. The normalized spacial score (nSPS) is 22.0. The molecule has 1 heterocycles. The quantitative estimate of drug-likeness (QED) is 0.141. The Labute approximate surface area is 256 Å². The van der Waals surface area contributed by atoms with E-state index in [2.05, 4.69) is 21.3 Å². The van der Waals surface area contributed by atoms with Crippen LogP contribution in [0, 0.1) is 5.41 Å². The molecule has 1 aromatic rings. The third kappa shape index (κ3) is 12.8. The zero-order valence-electron chi connectivity index (χ0n) is 25.3. The SMILES string of the molecule is CCC(=N)CCCC[C@@H]1NC(=O)[C@H](CCC(=O)O)NC(=O)[C@@H](Cc2ccccc2)NC(=O)[C@H](CC(C)=O)NC(=O)CCC1=O. The second-order valence-corrected chi connectivity index (χ2v) is 11.0. The Morgan fingerprint density at radius 1 is 0.795 bits per heavy atom. The molecule has 1 saturated heterocycles. The number of carboxylic acids is 1. The van der Waals surface area contributed by atoms with Crippen molar-refractivity contribution in [3.8, 4) is 0 Å². The Hall–Kier alpha value is -4.42. The molecule has 1 aliphatic heterocycles. The van der Waals surface area contributed by atoms with Crippen molar-refractivity contribution in [3.05, 3.63) is 35.9 Å². The number of Topliss-reactive ketones (excluding diaryl/α,β-unsaturated/α-hetero) is 2. The van der Waals surface area contributed by atoms with Crippen LogP contribution < -0.4 is 21.3 Å². The molecule has 1 aromatic carbocycles. The lowest BCUT2D eigenvalue weighted by Crippen LogP contribution is -2.58. The zero-order valence-corrected chi connectivity index (χ0v) is 25.3. The predicted molar refractivity (Wildman–Crippen MR) is 161 cm³/mol. The van der Waals surface area contributed by atoms with Gasteiger partial charge in [0.25, 0.3) is 0 Å². The smallest absolute Gasteiger partial charge is 0.303 e. The van der Waals surface area contributed by atoms with Crippen molar-refractivity contribution in [2.24, 2.45) is 0 Å². The fraction of sp³-hybridized carbons (Fsp3) is 0.548. The van der Waals surface area contributed by atoms with Gasteiger partial charge in [-0.15, -0.1) is 0 Å². The van der Waals surface area contributed by atoms with Crippen LogP contribution >= 0.6 is 0 Å². The van der Waals surface area contributed by atoms with Gasteiger partial charge < -0.3 is 31.8 Å². The van der Waals surface area contributed by atoms with Gasteiger partial charge in [0.05, 0.1) is 6.04 Å². The topological polar surface area (TPSA) is 212 Å². The lowest BCUT2D eigenvalue weighted by atomic mass is 9.98. The molecule has 4 atom stereocenters. The number of hydrogen-bond donors (Lipinski definition) is 6. The number of benzene rings is 1. The van der Waals surface area contributed by atoms with Gasteiger partial charge in [-0.2, -0.15) is 0 Å². The fourth-order valence-electron chi connectivity index (χ4n) is 4.76. The van der Waals surface area contributed by atoms with Crippen molar-refractivity contribution in [1.82, 2.24) is 21.3 Å². The first-order valence-electron chi connectivity index (χ1n) is 14.9. The zero-order chi connectivity index (χ0) is 32.6. The third-order valence-corrected chi connectivity index (χ3v) is 7.29. The first-order valence-corrected chi connectivity index (χ1v) is 14.9. The Bertz CT molecular complexity index is 1220. The van der Waals surface area contributed by atoms with E-state index in [0.29, 0.717) is 37.0 Å². The lowest BCUT2D eigenvalue weighted by molar-refractivity contribution is -0.138. The molecule has 2 rings (SSSR count). The number of carbonyl (C=O) groups is 7. The van der Waals surface area contributed by atoms with E-state index in [9.17, 15) is 38.7 Å². The van der Waals surface area contributed by atoms with Gasteiger partial charge in [0.2, 0.25) is 23.6 Å². The van der Waals surface area contributed by atoms with Crippen LogP contribution in [0.15, 0.2) is 30.3 Å². The van der Waals surface area contributed by atoms with Crippen molar-refractivity contribution in [2.45, 2.75) is 109 Å². The average Bonchev–Trinajstić information content (AvgIpc) is 2.98. The maximum atomic E-state index is 13.6. The van der Waals surface area contributed by atoms with Crippen LogP contribution in [0.25, 0.3) is 0 Å². The molecule has 0 spiro atoms. The summed E-state index contributed by atoms with van der Waals surface area (Å²) in [4.78, 5) is 89.5. The van der Waals surface area contributed by atoms with Crippen LogP contribution in [-0.2, 0) is 40.0 Å². The molecular weight excluding hydrogens is 570 g/mol. The van der Waals surface area contributed by atoms with Gasteiger partial charge >= 0.3 is 5.97 Å². The van der Waals surface area contributed by atoms with Gasteiger partial charge in [0, 0.05) is 37.8 Å². The molecule has 13 heteroatoms. The maximum absolute atomic E-state index is 13.6. The van der Waals surface area contributed by atoms with Crippen LogP contribution in [0.4, 0.5) is 0 Å². The van der Waals surface area contributed by atoms with Crippen LogP contribution in [-0.4, -0.2) is 76.2 Å². The summed E-state index contributed by atoms with van der Waals surface area (Å²) in [6.45, 7) is 3.13. The summed E-state index contributed by atoms with van der Waals surface area (Å²) in [6, 6.07) is 3.81. The van der Waals surface area contributed by atoms with Crippen LogP contribution in [0.1, 0.15) is 83.6 Å². The first-order chi connectivity index (χ1) is 20.9. The highest BCUT2D eigenvalue weighted by molar-refractivity contribution is 5.98. The second kappa shape index (κ2) is 18.3. The standard InChI is InChI=1S/C31H43N5O8/c1-3-21(32)11-7-8-12-22-26(38)14-15-27(39)33-24(17-19(2)37)30(43)36-25(18-20-9-5-4-6-10-20)31(44)35-23(29(42)34-22)13-16-28(40)41/h4-6,9-10,22-25,32H,3,7-8,11-18H2,1-2H3,(H,33,39)(H,34,42)(H,35,44)(H,36,43)(H,40,41)/t22-,23-,24-,25+/m0/s1. The Kier molecular flexibility index (Phi) is 14.9. The van der Waals surface area contributed by atoms with Crippen LogP contribution in [0.3, 0.4) is 0 Å². The number of carboxylic acid groups (broad SMARTS) is 1. The number of unbranched alkanes of at least 4 members (excludes halogenated alkanes) is 1. The van der Waals surface area contributed by atoms with Gasteiger partial charge in [-0.05, 0) is 44.6 Å². The summed E-state index contributed by atoms with van der Waals surface area (Å²) < 4.78 is 0. The highest BCUT2D eigenvalue weighted by Crippen LogP contribution is 2.12. The predicted octanol–water partition coefficient (Wildman–Crippen LogP) is 1.37. The minimum Gasteiger partial charge on any atom is -0.481 e. The molecule has 0 saturated carbocycles. The number of nitrogens with one attached hydrogen (secondary N) is 5. The van der Waals surface area contributed by atoms with Crippen molar-refractivity contribution < 1.29 is 38.7 Å². The minimum atomic E-state index is -1.34. The summed E-state index contributed by atoms with van der Waals surface area (Å²) in [5.41, 5.74) is 1.23. The molecule has 6 N–H and O–H groups in total. The highest BCUT2D eigenvalue weighted by atomic mass is 16.4. The summed E-state index contributed by atoms with van der Waals surface area (Å²) in [5.74, 6) is -5.03. The summed E-state index contributed by atoms with van der Waals surface area (Å²) >= 11 is 0. The van der Waals surface area contributed by atoms with E-state index in [0.717, 1.165) is 0 Å². The molecule has 0 radical (unpaired) electrons. The van der Waals surface area contributed by atoms with Gasteiger partial charge in [-0.25, -0.2) is 0 Å². The number of aliphatic carboxylic acids is 1. The van der Waals surface area contributed by atoms with Crippen molar-refractivity contribution in [2.75, 3.05) is 0 Å². The molecule has 4 amide bonds. The number of rotatable bonds is 13. The molecule has 44 heavy (non-hydrogen) atoms. The fourth-order valence-corrected chi connectivity index (χ4v) is 4.76. The van der Waals surface area contributed by atoms with E-state index in [1.165, 1.54) is 6.92 Å². The summed E-state index contributed by atoms with van der Waals surface area (Å²) in [6.07, 6.45) is 0.807. The van der Waals surface area contributed by atoms with E-state index in [1.54, 1.807) is 30.3 Å². The average molecular weight is 614 g/mol. The monoisotopic (exact) mass is 613 g/mol. The first kappa shape index (κ1) is 35.8. The molecule has 1 fully saturated rings. The number of hydrogen-bond acceptors (Lipinski definition) is 8. The van der Waals surface area contributed by atoms with E-state index in [-0.39, 0.29) is 44.3 Å². The van der Waals surface area contributed by atoms with Gasteiger partial charge in [0.1, 0.15) is 23.9 Å². The molecule has 0 aromatic heterocycles. The van der Waals surface area contributed by atoms with Crippen molar-refractivity contribution in [3.63, 3.8) is 0 Å². The Morgan fingerprint density at radius 2 is 1.41 bits per heavy atom. The largest absolute Gasteiger partial charge is 0.481 e. The molecule has 0 aliphatic carbocycles. The van der Waals surface area contributed by atoms with E-state index < -0.39 is 66.0 Å². The molecule has 0 bridgehead atoms. The Balaban J connectivity index is 2.43. The minimum absolute atomic E-state index is 0.000295. The van der Waals surface area contributed by atoms with Gasteiger partial charge in [-0.3, -0.25) is 33.6 Å². The van der Waals surface area contributed by atoms with E-state index >= 15 is 0 Å². The lowest BCUT2D eigenvalue weighted by Gasteiger charge is -2.26. The van der Waals surface area contributed by atoms with E-state index in [4.69, 9.17) is 5.41 Å². The highest BCUT2D eigenvalue weighted by Gasteiger charge is 2.33. The third-order valence-electron chi connectivity index (χ3n) is 7.29. The molecular formula is C31H43N5O8. The second-order valence-electron chi connectivity index (χ2n) is 11.0. The van der Waals surface area contributed by atoms with Crippen molar-refractivity contribution >= 4 is 46.9 Å². The molecule has 0 unspecified atom stereocenters. The summed E-state index contributed by atoms with van der Waals surface area (Å²) in [7, 11) is 0. The van der Waals surface area contributed by atoms with Crippen LogP contribution in [0.5, 0.6) is 0 Å². The Morgan fingerprint density at radius 3 is 2.05 bits per heavy atom. The van der Waals surface area contributed by atoms with Crippen LogP contribution in [0.2, 0.25) is 0 Å². The van der Waals surface area contributed by atoms with Gasteiger partial charge in [0.15, 0.2) is 5.78 Å². The van der Waals surface area contributed by atoms with Crippen molar-refractivity contribution in [1.29, 1.82) is 5.41 Å².